The molecule has 1 aromatic carbocycles. The van der Waals surface area contributed by atoms with Gasteiger partial charge in [0.25, 0.3) is 0 Å². The van der Waals surface area contributed by atoms with Crippen molar-refractivity contribution in [3.05, 3.63) is 27.7 Å². The number of esters is 1. The van der Waals surface area contributed by atoms with Crippen molar-refractivity contribution in [2.24, 2.45) is 5.92 Å². The van der Waals surface area contributed by atoms with Crippen LogP contribution in [0.2, 0.25) is 0 Å². The summed E-state index contributed by atoms with van der Waals surface area (Å²) in [5.41, 5.74) is 0.952. The van der Waals surface area contributed by atoms with Crippen molar-refractivity contribution in [3.63, 3.8) is 0 Å². The van der Waals surface area contributed by atoms with Crippen LogP contribution in [0.1, 0.15) is 29.3 Å². The summed E-state index contributed by atoms with van der Waals surface area (Å²) in [5.74, 6) is -0.862. The van der Waals surface area contributed by atoms with E-state index in [0.29, 0.717) is 15.8 Å². The number of carbonyl (C=O) groups excluding carboxylic acids is 3. The number of rotatable bonds is 4. The van der Waals surface area contributed by atoms with Gasteiger partial charge in [-0.1, -0.05) is 22.9 Å². The monoisotopic (exact) mass is 369 g/mol. The molecule has 0 saturated carbocycles. The van der Waals surface area contributed by atoms with E-state index in [0.717, 1.165) is 0 Å². The minimum absolute atomic E-state index is 0.139. The van der Waals surface area contributed by atoms with E-state index in [9.17, 15) is 14.4 Å². The Morgan fingerprint density at radius 1 is 1.36 bits per heavy atom. The van der Waals surface area contributed by atoms with Gasteiger partial charge >= 0.3 is 5.97 Å². The Bertz CT molecular complexity index is 643. The van der Waals surface area contributed by atoms with Gasteiger partial charge in [0, 0.05) is 16.8 Å². The number of benzene rings is 1. The molecule has 1 saturated heterocycles. The smallest absolute Gasteiger partial charge is 0.341 e. The molecule has 1 atom stereocenters. The van der Waals surface area contributed by atoms with E-state index >= 15 is 0 Å². The van der Waals surface area contributed by atoms with Gasteiger partial charge in [-0.2, -0.15) is 0 Å². The van der Waals surface area contributed by atoms with Gasteiger partial charge in [-0.15, -0.1) is 0 Å². The fourth-order valence-electron chi connectivity index (χ4n) is 2.34. The van der Waals surface area contributed by atoms with Crippen LogP contribution in [0, 0.1) is 5.92 Å². The molecule has 1 unspecified atom stereocenters. The average molecular weight is 370 g/mol. The van der Waals surface area contributed by atoms with Gasteiger partial charge in [0.2, 0.25) is 11.8 Å². The van der Waals surface area contributed by atoms with E-state index in [1.54, 1.807) is 19.1 Å². The molecule has 0 bridgehead atoms. The van der Waals surface area contributed by atoms with Gasteiger partial charge in [0.05, 0.1) is 20.8 Å². The first-order chi connectivity index (χ1) is 10.4. The third-order valence-electron chi connectivity index (χ3n) is 3.57. The summed E-state index contributed by atoms with van der Waals surface area (Å²) in [4.78, 5) is 36.8. The molecule has 1 heterocycles. The molecule has 2 rings (SSSR count). The van der Waals surface area contributed by atoms with Gasteiger partial charge < -0.3 is 9.47 Å². The molecule has 2 amide bonds. The Balaban J connectivity index is 2.34. The van der Waals surface area contributed by atoms with E-state index in [4.69, 9.17) is 9.47 Å². The molecule has 0 radical (unpaired) electrons. The van der Waals surface area contributed by atoms with Crippen LogP contribution >= 0.6 is 15.9 Å². The maximum atomic E-state index is 12.0. The summed E-state index contributed by atoms with van der Waals surface area (Å²) in [6.45, 7) is 1.87. The van der Waals surface area contributed by atoms with Crippen LogP contribution < -0.4 is 4.74 Å². The molecular weight excluding hydrogens is 354 g/mol. The van der Waals surface area contributed by atoms with Crippen molar-refractivity contribution in [3.8, 4) is 5.75 Å². The van der Waals surface area contributed by atoms with Crippen molar-refractivity contribution in [2.45, 2.75) is 19.9 Å². The summed E-state index contributed by atoms with van der Waals surface area (Å²) < 4.78 is 10.5. The van der Waals surface area contributed by atoms with Crippen LogP contribution in [0.15, 0.2) is 16.6 Å². The number of ether oxygens (including phenoxy) is 2. The van der Waals surface area contributed by atoms with E-state index in [2.05, 4.69) is 15.9 Å². The molecule has 6 nitrogen and oxygen atoms in total. The third kappa shape index (κ3) is 2.99. The zero-order valence-electron chi connectivity index (χ0n) is 12.5. The highest BCUT2D eigenvalue weighted by Crippen LogP contribution is 2.30. The van der Waals surface area contributed by atoms with Gasteiger partial charge in [-0.3, -0.25) is 14.5 Å². The first kappa shape index (κ1) is 16.5. The summed E-state index contributed by atoms with van der Waals surface area (Å²) in [5, 5.41) is 0. The lowest BCUT2D eigenvalue weighted by atomic mass is 10.1. The minimum atomic E-state index is -0.522. The Hall–Kier alpha value is -1.89. The molecule has 118 valence electrons. The first-order valence-corrected chi connectivity index (χ1v) is 7.47. The van der Waals surface area contributed by atoms with Crippen LogP contribution in [0.25, 0.3) is 0 Å². The van der Waals surface area contributed by atoms with E-state index in [1.165, 1.54) is 19.1 Å². The second kappa shape index (κ2) is 6.48. The SMILES string of the molecule is COC(=O)c1cc(Br)c(CN2C(=O)CC(C)C2=O)cc1OC. The van der Waals surface area contributed by atoms with Crippen LogP contribution in [0.4, 0.5) is 0 Å². The molecule has 1 aliphatic rings. The lowest BCUT2D eigenvalue weighted by Gasteiger charge is -2.17. The highest BCUT2D eigenvalue weighted by Gasteiger charge is 2.35. The maximum absolute atomic E-state index is 12.0. The first-order valence-electron chi connectivity index (χ1n) is 6.68. The van der Waals surface area contributed by atoms with E-state index < -0.39 is 5.97 Å². The molecule has 7 heteroatoms. The van der Waals surface area contributed by atoms with Gasteiger partial charge in [0.15, 0.2) is 0 Å². The Labute approximate surface area is 136 Å². The Morgan fingerprint density at radius 3 is 2.55 bits per heavy atom. The predicted molar refractivity (Wildman–Crippen MR) is 81.4 cm³/mol. The Kier molecular flexibility index (Phi) is 4.85. The number of amides is 2. The topological polar surface area (TPSA) is 72.9 Å². The number of methoxy groups -OCH3 is 2. The predicted octanol–water partition coefficient (Wildman–Crippen LogP) is 2.14. The number of carbonyl (C=O) groups is 3. The number of imide groups is 1. The lowest BCUT2D eigenvalue weighted by molar-refractivity contribution is -0.139. The number of hydrogen-bond donors (Lipinski definition) is 0. The van der Waals surface area contributed by atoms with Crippen molar-refractivity contribution in [1.29, 1.82) is 0 Å². The molecule has 0 spiro atoms. The van der Waals surface area contributed by atoms with Gasteiger partial charge in [-0.05, 0) is 17.7 Å². The van der Waals surface area contributed by atoms with Gasteiger partial charge in [0.1, 0.15) is 11.3 Å². The van der Waals surface area contributed by atoms with Crippen molar-refractivity contribution < 1.29 is 23.9 Å². The Morgan fingerprint density at radius 2 is 2.05 bits per heavy atom. The van der Waals surface area contributed by atoms with Crippen molar-refractivity contribution in [1.82, 2.24) is 4.90 Å². The summed E-state index contributed by atoms with van der Waals surface area (Å²) in [6.07, 6.45) is 0.230. The van der Waals surface area contributed by atoms with Gasteiger partial charge in [-0.25, -0.2) is 4.79 Å². The minimum Gasteiger partial charge on any atom is -0.496 e. The molecule has 1 aromatic rings. The maximum Gasteiger partial charge on any atom is 0.341 e. The van der Waals surface area contributed by atoms with Crippen LogP contribution in [-0.4, -0.2) is 36.9 Å². The molecule has 1 fully saturated rings. The summed E-state index contributed by atoms with van der Waals surface area (Å²) in [7, 11) is 2.72. The summed E-state index contributed by atoms with van der Waals surface area (Å²) >= 11 is 3.36. The zero-order valence-corrected chi connectivity index (χ0v) is 14.1. The number of nitrogens with zero attached hydrogens (tertiary/aromatic N) is 1. The quantitative estimate of drug-likeness (QED) is 0.600. The molecule has 1 aliphatic heterocycles. The number of hydrogen-bond acceptors (Lipinski definition) is 5. The molecule has 0 N–H and O–H groups in total. The van der Waals surface area contributed by atoms with Crippen molar-refractivity contribution >= 4 is 33.7 Å². The van der Waals surface area contributed by atoms with Crippen LogP contribution in [-0.2, 0) is 20.9 Å². The highest BCUT2D eigenvalue weighted by atomic mass is 79.9. The zero-order chi connectivity index (χ0) is 16.4. The second-order valence-electron chi connectivity index (χ2n) is 5.06. The fraction of sp³-hybridized carbons (Fsp3) is 0.400. The van der Waals surface area contributed by atoms with Crippen LogP contribution in [0.5, 0.6) is 5.75 Å². The lowest BCUT2D eigenvalue weighted by Crippen LogP contribution is -2.29. The molecule has 0 aliphatic carbocycles. The second-order valence-corrected chi connectivity index (χ2v) is 5.91. The average Bonchev–Trinajstić information content (AvgIpc) is 2.74. The third-order valence-corrected chi connectivity index (χ3v) is 4.31. The summed E-state index contributed by atoms with van der Waals surface area (Å²) in [6, 6.07) is 3.19. The van der Waals surface area contributed by atoms with Crippen molar-refractivity contribution in [2.75, 3.05) is 14.2 Å². The number of halogens is 1. The molecule has 22 heavy (non-hydrogen) atoms. The van der Waals surface area contributed by atoms with E-state index in [-0.39, 0.29) is 36.3 Å². The number of likely N-dealkylation sites (tertiary alicyclic amines) is 1. The highest BCUT2D eigenvalue weighted by molar-refractivity contribution is 9.10. The molecule has 0 aromatic heterocycles. The molecular formula is C15H16BrNO5. The standard InChI is InChI=1S/C15H16BrNO5/c1-8-4-13(18)17(14(8)19)7-9-5-12(21-2)10(6-11(9)16)15(20)22-3/h5-6,8H,4,7H2,1-3H3. The van der Waals surface area contributed by atoms with Crippen LogP contribution in [0.3, 0.4) is 0 Å². The van der Waals surface area contributed by atoms with E-state index in [1.807, 2.05) is 0 Å². The fourth-order valence-corrected chi connectivity index (χ4v) is 2.81. The largest absolute Gasteiger partial charge is 0.496 e. The normalized spacial score (nSPS) is 17.8.